The van der Waals surface area contributed by atoms with Crippen LogP contribution in [0.5, 0.6) is 0 Å². The van der Waals surface area contributed by atoms with Crippen LogP contribution in [0.4, 0.5) is 0 Å². The molecule has 2 saturated heterocycles. The lowest BCUT2D eigenvalue weighted by molar-refractivity contribution is -0.140. The first-order valence-electron chi connectivity index (χ1n) is 4.62. The van der Waals surface area contributed by atoms with E-state index < -0.39 is 10.0 Å². The van der Waals surface area contributed by atoms with E-state index in [0.29, 0.717) is 17.7 Å². The maximum atomic E-state index is 11.3. The molecule has 2 fully saturated rings. The molecule has 0 radical (unpaired) electrons. The van der Waals surface area contributed by atoms with Crippen molar-refractivity contribution >= 4 is 15.9 Å². The van der Waals surface area contributed by atoms with Gasteiger partial charge in [0.1, 0.15) is 5.03 Å². The number of carbonyl (C=O) groups excluding carboxylic acids is 1. The average molecular weight is 212 g/mol. The molecule has 2 atom stereocenters. The molecule has 0 spiro atoms. The molecule has 1 amide bonds. The molecule has 1 N–H and O–H groups in total. The standard InChI is InChI=1S/C8H12N4OS/c1-14(6-5-9-11-10-6)3-2-12-7(13)4-8(12)14/h5,8H,2-4H2,1H3,(H,9,10,11)/t8-/m1/s1. The van der Waals surface area contributed by atoms with Crippen LogP contribution in [-0.4, -0.2) is 50.1 Å². The molecular weight excluding hydrogens is 200 g/mol. The van der Waals surface area contributed by atoms with Crippen LogP contribution in [0.3, 0.4) is 0 Å². The van der Waals surface area contributed by atoms with Gasteiger partial charge in [-0.3, -0.25) is 4.79 Å². The van der Waals surface area contributed by atoms with Gasteiger partial charge in [-0.1, -0.05) is 0 Å². The van der Waals surface area contributed by atoms with Crippen molar-refractivity contribution in [2.75, 3.05) is 18.6 Å². The Bertz CT molecular complexity index is 379. The highest BCUT2D eigenvalue weighted by atomic mass is 32.3. The number of nitrogens with zero attached hydrogens (tertiary/aromatic N) is 3. The highest BCUT2D eigenvalue weighted by molar-refractivity contribution is 8.33. The number of hydrogen-bond acceptors (Lipinski definition) is 3. The van der Waals surface area contributed by atoms with Crippen molar-refractivity contribution < 1.29 is 4.79 Å². The van der Waals surface area contributed by atoms with Gasteiger partial charge >= 0.3 is 0 Å². The Labute approximate surface area is 83.2 Å². The van der Waals surface area contributed by atoms with Gasteiger partial charge in [-0.2, -0.15) is 25.4 Å². The van der Waals surface area contributed by atoms with Gasteiger partial charge in [0.2, 0.25) is 5.91 Å². The summed E-state index contributed by atoms with van der Waals surface area (Å²) in [4.78, 5) is 13.3. The van der Waals surface area contributed by atoms with E-state index in [1.54, 1.807) is 0 Å². The molecule has 3 rings (SSSR count). The van der Waals surface area contributed by atoms with Crippen molar-refractivity contribution in [3.05, 3.63) is 6.20 Å². The van der Waals surface area contributed by atoms with Gasteiger partial charge in [-0.15, -0.1) is 0 Å². The molecule has 3 heterocycles. The van der Waals surface area contributed by atoms with E-state index in [2.05, 4.69) is 21.7 Å². The molecule has 76 valence electrons. The fourth-order valence-electron chi connectivity index (χ4n) is 2.24. The maximum absolute atomic E-state index is 11.3. The first-order chi connectivity index (χ1) is 6.72. The molecule has 5 nitrogen and oxygen atoms in total. The number of aromatic amines is 1. The van der Waals surface area contributed by atoms with E-state index in [1.807, 2.05) is 11.1 Å². The third kappa shape index (κ3) is 0.841. The lowest BCUT2D eigenvalue weighted by atomic mass is 10.2. The third-order valence-electron chi connectivity index (χ3n) is 3.24. The van der Waals surface area contributed by atoms with Crippen LogP contribution >= 0.6 is 10.0 Å². The van der Waals surface area contributed by atoms with Gasteiger partial charge in [0.15, 0.2) is 0 Å². The van der Waals surface area contributed by atoms with Crippen molar-refractivity contribution in [3.8, 4) is 0 Å². The van der Waals surface area contributed by atoms with Crippen LogP contribution in [0, 0.1) is 0 Å². The number of carbonyl (C=O) groups is 1. The Morgan fingerprint density at radius 1 is 1.71 bits per heavy atom. The smallest absolute Gasteiger partial charge is 0.226 e. The number of H-pyrrole nitrogens is 1. The van der Waals surface area contributed by atoms with Crippen molar-refractivity contribution in [1.29, 1.82) is 0 Å². The zero-order valence-corrected chi connectivity index (χ0v) is 8.75. The summed E-state index contributed by atoms with van der Waals surface area (Å²) in [6, 6.07) is 0. The van der Waals surface area contributed by atoms with Crippen molar-refractivity contribution in [2.45, 2.75) is 16.8 Å². The molecule has 2 aliphatic heterocycles. The number of β-lactam (4-membered cyclic amide) rings is 1. The Hall–Kier alpha value is -1.04. The van der Waals surface area contributed by atoms with E-state index in [4.69, 9.17) is 0 Å². The zero-order valence-electron chi connectivity index (χ0n) is 7.93. The number of aromatic nitrogens is 3. The summed E-state index contributed by atoms with van der Waals surface area (Å²) in [6.07, 6.45) is 4.77. The molecule has 6 heteroatoms. The molecule has 0 saturated carbocycles. The minimum absolute atomic E-state index is 0.301. The molecular formula is C8H12N4OS. The van der Waals surface area contributed by atoms with Gasteiger partial charge < -0.3 is 4.90 Å². The summed E-state index contributed by atoms with van der Waals surface area (Å²) in [6.45, 7) is 0.905. The van der Waals surface area contributed by atoms with Gasteiger partial charge in [-0.25, -0.2) is 0 Å². The Balaban J connectivity index is 1.96. The molecule has 0 bridgehead atoms. The minimum atomic E-state index is -0.913. The summed E-state index contributed by atoms with van der Waals surface area (Å²) in [5.74, 6) is 1.38. The normalized spacial score (nSPS) is 40.2. The molecule has 1 aromatic rings. The fraction of sp³-hybridized carbons (Fsp3) is 0.625. The molecule has 0 aromatic carbocycles. The minimum Gasteiger partial charge on any atom is -0.330 e. The summed E-state index contributed by atoms with van der Waals surface area (Å²) in [5.41, 5.74) is 0. The van der Waals surface area contributed by atoms with Crippen LogP contribution in [0.25, 0.3) is 0 Å². The molecule has 2 aliphatic rings. The van der Waals surface area contributed by atoms with E-state index in [-0.39, 0.29) is 0 Å². The Morgan fingerprint density at radius 3 is 3.14 bits per heavy atom. The van der Waals surface area contributed by atoms with Crippen LogP contribution in [-0.2, 0) is 4.79 Å². The monoisotopic (exact) mass is 212 g/mol. The van der Waals surface area contributed by atoms with Gasteiger partial charge in [0, 0.05) is 12.3 Å². The number of fused-ring (bicyclic) bond motifs is 1. The second-order valence-corrected chi connectivity index (χ2v) is 7.60. The average Bonchev–Trinajstić information content (AvgIpc) is 2.72. The summed E-state index contributed by atoms with van der Waals surface area (Å²) < 4.78 is 0. The molecule has 1 unspecified atom stereocenters. The second-order valence-electron chi connectivity index (χ2n) is 3.92. The predicted molar refractivity (Wildman–Crippen MR) is 53.1 cm³/mol. The predicted octanol–water partition coefficient (Wildman–Crippen LogP) is 0.170. The third-order valence-corrected chi connectivity index (χ3v) is 7.05. The summed E-state index contributed by atoms with van der Waals surface area (Å²) >= 11 is 0. The van der Waals surface area contributed by atoms with Crippen LogP contribution in [0.2, 0.25) is 0 Å². The number of amides is 1. The quantitative estimate of drug-likeness (QED) is 0.675. The number of nitrogens with one attached hydrogen (secondary N) is 1. The van der Waals surface area contributed by atoms with Crippen molar-refractivity contribution in [1.82, 2.24) is 20.3 Å². The lowest BCUT2D eigenvalue weighted by Gasteiger charge is -2.44. The van der Waals surface area contributed by atoms with Gasteiger partial charge in [-0.05, 0) is 6.26 Å². The zero-order chi connectivity index (χ0) is 9.76. The second kappa shape index (κ2) is 2.50. The number of hydrogen-bond donors (Lipinski definition) is 1. The maximum Gasteiger partial charge on any atom is 0.226 e. The number of rotatable bonds is 1. The topological polar surface area (TPSA) is 61.9 Å². The highest BCUT2D eigenvalue weighted by Crippen LogP contribution is 2.63. The van der Waals surface area contributed by atoms with Crippen LogP contribution < -0.4 is 0 Å². The first-order valence-corrected chi connectivity index (χ1v) is 6.89. The SMILES string of the molecule is CS1(c2cn[nH]n2)CCN2C(=O)C[C@H]21. The van der Waals surface area contributed by atoms with Gasteiger partial charge in [0.25, 0.3) is 0 Å². The van der Waals surface area contributed by atoms with E-state index in [1.165, 1.54) is 0 Å². The first kappa shape index (κ1) is 8.28. The van der Waals surface area contributed by atoms with E-state index in [0.717, 1.165) is 17.3 Å². The molecule has 14 heavy (non-hydrogen) atoms. The van der Waals surface area contributed by atoms with Crippen LogP contribution in [0.1, 0.15) is 6.42 Å². The molecule has 0 aliphatic carbocycles. The van der Waals surface area contributed by atoms with E-state index in [9.17, 15) is 4.79 Å². The summed E-state index contributed by atoms with van der Waals surface area (Å²) in [5, 5.41) is 12.2. The van der Waals surface area contributed by atoms with Crippen LogP contribution in [0.15, 0.2) is 11.2 Å². The Kier molecular flexibility index (Phi) is 1.48. The highest BCUT2D eigenvalue weighted by Gasteiger charge is 2.51. The van der Waals surface area contributed by atoms with Crippen molar-refractivity contribution in [2.24, 2.45) is 0 Å². The molecule has 1 aromatic heterocycles. The Morgan fingerprint density at radius 2 is 2.57 bits per heavy atom. The largest absolute Gasteiger partial charge is 0.330 e. The van der Waals surface area contributed by atoms with E-state index >= 15 is 0 Å². The van der Waals surface area contributed by atoms with Gasteiger partial charge in [0.05, 0.1) is 18.0 Å². The summed E-state index contributed by atoms with van der Waals surface area (Å²) in [7, 11) is -0.913. The van der Waals surface area contributed by atoms with Crippen molar-refractivity contribution in [3.63, 3.8) is 0 Å². The lowest BCUT2D eigenvalue weighted by Crippen LogP contribution is -2.49. The fourth-order valence-corrected chi connectivity index (χ4v) is 5.42.